The van der Waals surface area contributed by atoms with Crippen molar-refractivity contribution in [3.05, 3.63) is 53.5 Å². The van der Waals surface area contributed by atoms with Gasteiger partial charge in [0.05, 0.1) is 0 Å². The highest BCUT2D eigenvalue weighted by Gasteiger charge is 2.04. The van der Waals surface area contributed by atoms with Crippen molar-refractivity contribution in [1.82, 2.24) is 9.38 Å². The monoisotopic (exact) mass is 215 g/mol. The Balaban J connectivity index is 2.58. The molecule has 0 spiro atoms. The summed E-state index contributed by atoms with van der Waals surface area (Å²) in [6.07, 6.45) is 3.48. The lowest BCUT2D eigenvalue weighted by atomic mass is 10.4. The van der Waals surface area contributed by atoms with Crippen molar-refractivity contribution in [2.45, 2.75) is 0 Å². The van der Waals surface area contributed by atoms with E-state index in [-0.39, 0.29) is 5.56 Å². The van der Waals surface area contributed by atoms with E-state index in [9.17, 15) is 4.79 Å². The molecule has 0 unspecified atom stereocenters. The minimum atomic E-state index is -0.0727. The molecule has 82 valence electrons. The van der Waals surface area contributed by atoms with E-state index in [4.69, 9.17) is 0 Å². The van der Waals surface area contributed by atoms with Crippen LogP contribution in [0.3, 0.4) is 0 Å². The first-order valence-electron chi connectivity index (χ1n) is 5.03. The van der Waals surface area contributed by atoms with Gasteiger partial charge in [-0.1, -0.05) is 12.1 Å². The molecule has 16 heavy (non-hydrogen) atoms. The Kier molecular flexibility index (Phi) is 2.72. The molecule has 4 heteroatoms. The maximum Gasteiger partial charge on any atom is 0.259 e. The minimum absolute atomic E-state index is 0.0727. The highest BCUT2D eigenvalue weighted by molar-refractivity contribution is 5.47. The van der Waals surface area contributed by atoms with Gasteiger partial charge in [0.1, 0.15) is 11.5 Å². The first kappa shape index (κ1) is 10.4. The zero-order valence-corrected chi connectivity index (χ0v) is 9.13. The number of anilines is 1. The van der Waals surface area contributed by atoms with E-state index in [0.29, 0.717) is 18.0 Å². The average Bonchev–Trinajstić information content (AvgIpc) is 2.29. The van der Waals surface area contributed by atoms with E-state index in [1.165, 1.54) is 10.5 Å². The molecule has 2 aromatic rings. The largest absolute Gasteiger partial charge is 0.356 e. The Labute approximate surface area is 93.5 Å². The van der Waals surface area contributed by atoms with Gasteiger partial charge in [0, 0.05) is 25.9 Å². The number of hydrogen-bond acceptors (Lipinski definition) is 3. The van der Waals surface area contributed by atoms with Gasteiger partial charge in [-0.2, -0.15) is 0 Å². The molecular weight excluding hydrogens is 202 g/mol. The third-order valence-corrected chi connectivity index (χ3v) is 2.35. The van der Waals surface area contributed by atoms with Gasteiger partial charge in [-0.25, -0.2) is 4.98 Å². The van der Waals surface area contributed by atoms with E-state index in [0.717, 1.165) is 0 Å². The first-order chi connectivity index (χ1) is 7.72. The second-order valence-corrected chi connectivity index (χ2v) is 3.55. The second kappa shape index (κ2) is 4.18. The van der Waals surface area contributed by atoms with Crippen LogP contribution in [0.15, 0.2) is 47.9 Å². The zero-order valence-electron chi connectivity index (χ0n) is 9.13. The minimum Gasteiger partial charge on any atom is -0.356 e. The molecule has 0 aliphatic carbocycles. The van der Waals surface area contributed by atoms with Gasteiger partial charge in [-0.15, -0.1) is 6.58 Å². The van der Waals surface area contributed by atoms with Gasteiger partial charge in [-0.3, -0.25) is 9.20 Å². The Morgan fingerprint density at radius 1 is 1.56 bits per heavy atom. The molecule has 0 aliphatic heterocycles. The van der Waals surface area contributed by atoms with Crippen LogP contribution < -0.4 is 10.5 Å². The summed E-state index contributed by atoms with van der Waals surface area (Å²) >= 11 is 0. The molecule has 2 rings (SSSR count). The Morgan fingerprint density at radius 3 is 3.12 bits per heavy atom. The van der Waals surface area contributed by atoms with Crippen LogP contribution in [0, 0.1) is 0 Å². The predicted molar refractivity (Wildman–Crippen MR) is 64.9 cm³/mol. The molecule has 0 amide bonds. The number of rotatable bonds is 3. The summed E-state index contributed by atoms with van der Waals surface area (Å²) in [4.78, 5) is 18.1. The average molecular weight is 215 g/mol. The van der Waals surface area contributed by atoms with E-state index in [2.05, 4.69) is 11.6 Å². The van der Waals surface area contributed by atoms with Crippen LogP contribution in [-0.2, 0) is 0 Å². The molecule has 4 nitrogen and oxygen atoms in total. The molecule has 0 radical (unpaired) electrons. The maximum absolute atomic E-state index is 11.8. The normalized spacial score (nSPS) is 10.3. The molecule has 0 aromatic carbocycles. The fourth-order valence-corrected chi connectivity index (χ4v) is 1.52. The van der Waals surface area contributed by atoms with Crippen LogP contribution in [0.1, 0.15) is 0 Å². The SMILES string of the molecule is C=CCN(C)c1cc(=O)n2ccccc2n1. The highest BCUT2D eigenvalue weighted by atomic mass is 16.1. The summed E-state index contributed by atoms with van der Waals surface area (Å²) in [6.45, 7) is 4.32. The Hall–Kier alpha value is -2.10. The van der Waals surface area contributed by atoms with Crippen LogP contribution in [0.25, 0.3) is 5.65 Å². The lowest BCUT2D eigenvalue weighted by Gasteiger charge is -2.15. The number of hydrogen-bond donors (Lipinski definition) is 0. The Morgan fingerprint density at radius 2 is 2.38 bits per heavy atom. The number of nitrogens with zero attached hydrogens (tertiary/aromatic N) is 3. The van der Waals surface area contributed by atoms with Crippen LogP contribution >= 0.6 is 0 Å². The van der Waals surface area contributed by atoms with Gasteiger partial charge in [0.15, 0.2) is 0 Å². The summed E-state index contributed by atoms with van der Waals surface area (Å²) in [5, 5.41) is 0. The number of pyridine rings is 1. The molecule has 0 aliphatic rings. The maximum atomic E-state index is 11.8. The molecule has 0 fully saturated rings. The topological polar surface area (TPSA) is 37.6 Å². The van der Waals surface area contributed by atoms with Crippen molar-refractivity contribution < 1.29 is 0 Å². The first-order valence-corrected chi connectivity index (χ1v) is 5.03. The lowest BCUT2D eigenvalue weighted by Crippen LogP contribution is -2.22. The number of likely N-dealkylation sites (N-methyl/N-ethyl adjacent to an activating group) is 1. The molecule has 0 saturated heterocycles. The van der Waals surface area contributed by atoms with Crippen molar-refractivity contribution in [3.63, 3.8) is 0 Å². The smallest absolute Gasteiger partial charge is 0.259 e. The van der Waals surface area contributed by atoms with Crippen LogP contribution in [0.5, 0.6) is 0 Å². The molecule has 0 N–H and O–H groups in total. The predicted octanol–water partition coefficient (Wildman–Crippen LogP) is 1.32. The standard InChI is InChI=1S/C12H13N3O/c1-3-7-14(2)11-9-12(16)15-8-5-4-6-10(15)13-11/h3-6,8-9H,1,7H2,2H3. The summed E-state index contributed by atoms with van der Waals surface area (Å²) in [5.41, 5.74) is 0.581. The molecule has 0 saturated carbocycles. The summed E-state index contributed by atoms with van der Waals surface area (Å²) in [7, 11) is 1.88. The van der Waals surface area contributed by atoms with Crippen molar-refractivity contribution >= 4 is 11.5 Å². The van der Waals surface area contributed by atoms with Crippen molar-refractivity contribution in [2.75, 3.05) is 18.5 Å². The van der Waals surface area contributed by atoms with Gasteiger partial charge in [-0.05, 0) is 12.1 Å². The summed E-state index contributed by atoms with van der Waals surface area (Å²) in [5.74, 6) is 0.663. The van der Waals surface area contributed by atoms with Gasteiger partial charge in [0.25, 0.3) is 5.56 Å². The van der Waals surface area contributed by atoms with Gasteiger partial charge < -0.3 is 4.90 Å². The zero-order chi connectivity index (χ0) is 11.5. The van der Waals surface area contributed by atoms with E-state index < -0.39 is 0 Å². The number of fused-ring (bicyclic) bond motifs is 1. The summed E-state index contributed by atoms with van der Waals surface area (Å²) in [6, 6.07) is 7.01. The second-order valence-electron chi connectivity index (χ2n) is 3.55. The third kappa shape index (κ3) is 1.82. The van der Waals surface area contributed by atoms with E-state index in [1.807, 2.05) is 30.1 Å². The van der Waals surface area contributed by atoms with Crippen molar-refractivity contribution in [1.29, 1.82) is 0 Å². The Bertz CT molecular complexity index is 574. The van der Waals surface area contributed by atoms with Crippen molar-refractivity contribution in [2.24, 2.45) is 0 Å². The molecular formula is C12H13N3O. The van der Waals surface area contributed by atoms with Gasteiger partial charge in [0.2, 0.25) is 0 Å². The van der Waals surface area contributed by atoms with E-state index in [1.54, 1.807) is 12.3 Å². The van der Waals surface area contributed by atoms with Crippen LogP contribution in [0.4, 0.5) is 5.82 Å². The van der Waals surface area contributed by atoms with E-state index >= 15 is 0 Å². The number of aromatic nitrogens is 2. The molecule has 2 heterocycles. The molecule has 0 atom stereocenters. The van der Waals surface area contributed by atoms with Gasteiger partial charge >= 0.3 is 0 Å². The van der Waals surface area contributed by atoms with Crippen molar-refractivity contribution in [3.8, 4) is 0 Å². The summed E-state index contributed by atoms with van der Waals surface area (Å²) < 4.78 is 1.52. The molecule has 0 bridgehead atoms. The fourth-order valence-electron chi connectivity index (χ4n) is 1.52. The third-order valence-electron chi connectivity index (χ3n) is 2.35. The van der Waals surface area contributed by atoms with Crippen LogP contribution in [-0.4, -0.2) is 23.0 Å². The van der Waals surface area contributed by atoms with Crippen LogP contribution in [0.2, 0.25) is 0 Å². The quantitative estimate of drug-likeness (QED) is 0.725. The highest BCUT2D eigenvalue weighted by Crippen LogP contribution is 2.07. The fraction of sp³-hybridized carbons (Fsp3) is 0.167. The lowest BCUT2D eigenvalue weighted by molar-refractivity contribution is 0.959. The molecule has 2 aromatic heterocycles.